The van der Waals surface area contributed by atoms with Gasteiger partial charge in [0.1, 0.15) is 17.5 Å². The molecule has 3 N–H and O–H groups in total. The molecule has 9 nitrogen and oxygen atoms in total. The van der Waals surface area contributed by atoms with Gasteiger partial charge in [-0.25, -0.2) is 13.8 Å². The third-order valence-electron chi connectivity index (χ3n) is 7.65. The molecular formula is C30H33F2N7O2S. The first-order valence-corrected chi connectivity index (χ1v) is 15.0. The molecule has 42 heavy (non-hydrogen) atoms. The van der Waals surface area contributed by atoms with E-state index in [4.69, 9.17) is 4.74 Å². The van der Waals surface area contributed by atoms with Crippen molar-refractivity contribution in [1.82, 2.24) is 20.1 Å². The fourth-order valence-corrected chi connectivity index (χ4v) is 6.10. The Morgan fingerprint density at radius 3 is 2.60 bits per heavy atom. The number of H-pyrrole nitrogens is 1. The van der Waals surface area contributed by atoms with Crippen molar-refractivity contribution in [3.63, 3.8) is 0 Å². The van der Waals surface area contributed by atoms with Crippen LogP contribution in [-0.4, -0.2) is 78.5 Å². The molecule has 2 fully saturated rings. The monoisotopic (exact) mass is 593 g/mol. The number of aromatic amines is 1. The molecule has 12 heteroatoms. The molecular weight excluding hydrogens is 560 g/mol. The zero-order valence-electron chi connectivity index (χ0n) is 23.3. The zero-order chi connectivity index (χ0) is 29.1. The number of thioether (sulfide) groups is 1. The van der Waals surface area contributed by atoms with Gasteiger partial charge in [0, 0.05) is 79.7 Å². The number of anilines is 3. The predicted octanol–water partition coefficient (Wildman–Crippen LogP) is 5.12. The smallest absolute Gasteiger partial charge is 0.258 e. The summed E-state index contributed by atoms with van der Waals surface area (Å²) in [6, 6.07) is 11.5. The SMILES string of the molecule is CN1CCN(c2ccc(C(=O)Nc3[nH]nc4ncc(SCc5cc(F)cc(F)c5)cc34)c(NC3CCOCC3)c2)CC1. The van der Waals surface area contributed by atoms with Crippen LogP contribution in [0.5, 0.6) is 0 Å². The summed E-state index contributed by atoms with van der Waals surface area (Å²) in [5, 5.41) is 14.4. The first-order chi connectivity index (χ1) is 20.4. The van der Waals surface area contributed by atoms with Gasteiger partial charge in [0.2, 0.25) is 0 Å². The number of carbonyl (C=O) groups excluding carboxylic acids is 1. The topological polar surface area (TPSA) is 98.4 Å². The van der Waals surface area contributed by atoms with Crippen LogP contribution in [0.25, 0.3) is 11.0 Å². The summed E-state index contributed by atoms with van der Waals surface area (Å²) in [5.74, 6) is -0.694. The van der Waals surface area contributed by atoms with Crippen molar-refractivity contribution in [3.05, 3.63) is 71.4 Å². The van der Waals surface area contributed by atoms with Crippen LogP contribution in [0, 0.1) is 11.6 Å². The van der Waals surface area contributed by atoms with Gasteiger partial charge < -0.3 is 25.2 Å². The summed E-state index contributed by atoms with van der Waals surface area (Å²) in [4.78, 5) is 23.5. The molecule has 0 bridgehead atoms. The molecule has 2 aromatic heterocycles. The van der Waals surface area contributed by atoms with E-state index < -0.39 is 11.6 Å². The third-order valence-corrected chi connectivity index (χ3v) is 8.68. The highest BCUT2D eigenvalue weighted by Crippen LogP contribution is 2.30. The van der Waals surface area contributed by atoms with Gasteiger partial charge in [-0.1, -0.05) is 0 Å². The van der Waals surface area contributed by atoms with Crippen LogP contribution < -0.4 is 15.5 Å². The second kappa shape index (κ2) is 12.6. The molecule has 0 aliphatic carbocycles. The number of rotatable bonds is 8. The highest BCUT2D eigenvalue weighted by molar-refractivity contribution is 7.98. The van der Waals surface area contributed by atoms with Crippen LogP contribution in [0.1, 0.15) is 28.8 Å². The van der Waals surface area contributed by atoms with Gasteiger partial charge in [0.05, 0.1) is 10.9 Å². The molecule has 2 saturated heterocycles. The molecule has 4 aromatic rings. The summed E-state index contributed by atoms with van der Waals surface area (Å²) in [6.07, 6.45) is 3.40. The van der Waals surface area contributed by atoms with Gasteiger partial charge in [-0.15, -0.1) is 11.8 Å². The highest BCUT2D eigenvalue weighted by Gasteiger charge is 2.22. The quantitative estimate of drug-likeness (QED) is 0.242. The molecule has 220 valence electrons. The third kappa shape index (κ3) is 6.66. The molecule has 2 aromatic carbocycles. The number of aromatic nitrogens is 3. The molecule has 6 rings (SSSR count). The predicted molar refractivity (Wildman–Crippen MR) is 161 cm³/mol. The summed E-state index contributed by atoms with van der Waals surface area (Å²) in [5.41, 5.74) is 3.40. The zero-order valence-corrected chi connectivity index (χ0v) is 24.1. The minimum absolute atomic E-state index is 0.219. The molecule has 0 unspecified atom stereocenters. The lowest BCUT2D eigenvalue weighted by Gasteiger charge is -2.34. The first kappa shape index (κ1) is 28.4. The standard InChI is InChI=1S/C30H33F2N7O2S/c1-38-6-8-39(9-7-38)23-2-3-25(27(15-23)34-22-4-10-41-11-5-22)30(40)35-29-26-16-24(17-33-28(26)36-37-29)42-18-19-12-20(31)14-21(32)13-19/h2-3,12-17,22,34H,4-11,18H2,1H3,(H2,33,35,36,37,40). The summed E-state index contributed by atoms with van der Waals surface area (Å²) in [7, 11) is 2.13. The number of likely N-dealkylation sites (N-methyl/N-ethyl adjacent to an activating group) is 1. The van der Waals surface area contributed by atoms with Crippen LogP contribution in [0.2, 0.25) is 0 Å². The number of piperazine rings is 1. The van der Waals surface area contributed by atoms with E-state index in [0.717, 1.165) is 61.4 Å². The van der Waals surface area contributed by atoms with Gasteiger partial charge >= 0.3 is 0 Å². The molecule has 0 atom stereocenters. The Morgan fingerprint density at radius 2 is 1.83 bits per heavy atom. The van der Waals surface area contributed by atoms with Gasteiger partial charge in [0.15, 0.2) is 5.65 Å². The Bertz CT molecular complexity index is 1550. The maximum absolute atomic E-state index is 13.7. The molecule has 1 amide bonds. The van der Waals surface area contributed by atoms with Crippen LogP contribution in [0.3, 0.4) is 0 Å². The minimum Gasteiger partial charge on any atom is -0.381 e. The van der Waals surface area contributed by atoms with Crippen LogP contribution in [0.4, 0.5) is 26.0 Å². The van der Waals surface area contributed by atoms with Crippen molar-refractivity contribution in [1.29, 1.82) is 0 Å². The van der Waals surface area contributed by atoms with Gasteiger partial charge in [-0.3, -0.25) is 9.89 Å². The van der Waals surface area contributed by atoms with Crippen molar-refractivity contribution in [2.45, 2.75) is 29.5 Å². The summed E-state index contributed by atoms with van der Waals surface area (Å²) >= 11 is 1.39. The second-order valence-electron chi connectivity index (χ2n) is 10.7. The second-order valence-corrected chi connectivity index (χ2v) is 11.8. The minimum atomic E-state index is -0.610. The lowest BCUT2D eigenvalue weighted by molar-refractivity contribution is 0.0904. The largest absolute Gasteiger partial charge is 0.381 e. The number of hydrogen-bond acceptors (Lipinski definition) is 8. The van der Waals surface area contributed by atoms with Crippen molar-refractivity contribution in [2.24, 2.45) is 0 Å². The Kier molecular flexibility index (Phi) is 8.54. The molecule has 0 spiro atoms. The van der Waals surface area contributed by atoms with Crippen LogP contribution in [-0.2, 0) is 10.5 Å². The lowest BCUT2D eigenvalue weighted by atomic mass is 10.1. The fourth-order valence-electron chi connectivity index (χ4n) is 5.27. The van der Waals surface area contributed by atoms with E-state index >= 15 is 0 Å². The van der Waals surface area contributed by atoms with Crippen molar-refractivity contribution < 1.29 is 18.3 Å². The molecule has 0 radical (unpaired) electrons. The Morgan fingerprint density at radius 1 is 1.07 bits per heavy atom. The number of nitrogens with zero attached hydrogens (tertiary/aromatic N) is 4. The van der Waals surface area contributed by atoms with E-state index in [1.54, 1.807) is 6.20 Å². The fraction of sp³-hybridized carbons (Fsp3) is 0.367. The number of ether oxygens (including phenoxy) is 1. The van der Waals surface area contributed by atoms with Crippen molar-refractivity contribution in [3.8, 4) is 0 Å². The molecule has 2 aliphatic heterocycles. The summed E-state index contributed by atoms with van der Waals surface area (Å²) < 4.78 is 32.7. The van der Waals surface area contributed by atoms with Crippen molar-refractivity contribution >= 4 is 45.9 Å². The number of nitrogens with one attached hydrogen (secondary N) is 3. The number of benzene rings is 2. The Balaban J connectivity index is 1.22. The van der Waals surface area contributed by atoms with E-state index in [1.165, 1.54) is 23.9 Å². The number of carbonyl (C=O) groups is 1. The molecule has 4 heterocycles. The normalized spacial score (nSPS) is 16.6. The number of fused-ring (bicyclic) bond motifs is 1. The highest BCUT2D eigenvalue weighted by atomic mass is 32.2. The van der Waals surface area contributed by atoms with E-state index in [-0.39, 0.29) is 11.9 Å². The average Bonchev–Trinajstić information content (AvgIpc) is 3.38. The molecule has 0 saturated carbocycles. The number of halogens is 2. The number of amides is 1. The Labute approximate surface area is 247 Å². The maximum atomic E-state index is 13.7. The number of hydrogen-bond donors (Lipinski definition) is 3. The van der Waals surface area contributed by atoms with E-state index in [9.17, 15) is 13.6 Å². The maximum Gasteiger partial charge on any atom is 0.258 e. The van der Waals surface area contributed by atoms with Crippen LogP contribution in [0.15, 0.2) is 53.6 Å². The van der Waals surface area contributed by atoms with Crippen LogP contribution >= 0.6 is 11.8 Å². The van der Waals surface area contributed by atoms with E-state index in [1.807, 2.05) is 18.2 Å². The van der Waals surface area contributed by atoms with E-state index in [0.29, 0.717) is 46.9 Å². The first-order valence-electron chi connectivity index (χ1n) is 14.1. The molecule has 2 aliphatic rings. The Hall–Kier alpha value is -3.74. The van der Waals surface area contributed by atoms with Gasteiger partial charge in [-0.2, -0.15) is 5.10 Å². The van der Waals surface area contributed by atoms with E-state index in [2.05, 4.69) is 48.7 Å². The lowest BCUT2D eigenvalue weighted by Crippen LogP contribution is -2.44. The number of pyridine rings is 1. The summed E-state index contributed by atoms with van der Waals surface area (Å²) in [6.45, 7) is 5.23. The average molecular weight is 594 g/mol. The van der Waals surface area contributed by atoms with Crippen molar-refractivity contribution in [2.75, 3.05) is 62.0 Å². The van der Waals surface area contributed by atoms with Gasteiger partial charge in [-0.05, 0) is 61.9 Å². The van der Waals surface area contributed by atoms with Gasteiger partial charge in [0.25, 0.3) is 5.91 Å².